The van der Waals surface area contributed by atoms with Crippen LogP contribution in [-0.4, -0.2) is 35.0 Å². The maximum absolute atomic E-state index is 12.1. The molecule has 0 spiro atoms. The fourth-order valence-electron chi connectivity index (χ4n) is 1.83. The standard InChI is InChI=1S/C16H18N4O4/c1-10(2)24-13-5-4-11(8-14(13)23-3)15(21)19-20-16(22)12-9-17-6-7-18-12/h4-10H,1-3H3,(H,19,21)(H,20,22). The second-order valence-electron chi connectivity index (χ2n) is 5.03. The van der Waals surface area contributed by atoms with E-state index in [2.05, 4.69) is 20.8 Å². The van der Waals surface area contributed by atoms with E-state index in [0.29, 0.717) is 17.1 Å². The lowest BCUT2D eigenvalue weighted by molar-refractivity contribution is 0.0843. The van der Waals surface area contributed by atoms with Gasteiger partial charge in [-0.2, -0.15) is 0 Å². The maximum Gasteiger partial charge on any atom is 0.289 e. The summed E-state index contributed by atoms with van der Waals surface area (Å²) in [6.45, 7) is 3.78. The van der Waals surface area contributed by atoms with Gasteiger partial charge in [0.25, 0.3) is 11.8 Å². The SMILES string of the molecule is COc1cc(C(=O)NNC(=O)c2cnccn2)ccc1OC(C)C. The lowest BCUT2D eigenvalue weighted by Crippen LogP contribution is -2.42. The summed E-state index contributed by atoms with van der Waals surface area (Å²) >= 11 is 0. The summed E-state index contributed by atoms with van der Waals surface area (Å²) in [4.78, 5) is 31.5. The highest BCUT2D eigenvalue weighted by Crippen LogP contribution is 2.28. The average Bonchev–Trinajstić information content (AvgIpc) is 2.60. The lowest BCUT2D eigenvalue weighted by atomic mass is 10.2. The molecule has 0 atom stereocenters. The predicted octanol–water partition coefficient (Wildman–Crippen LogP) is 1.35. The predicted molar refractivity (Wildman–Crippen MR) is 85.7 cm³/mol. The highest BCUT2D eigenvalue weighted by molar-refractivity contribution is 5.98. The number of carbonyl (C=O) groups excluding carboxylic acids is 2. The summed E-state index contributed by atoms with van der Waals surface area (Å²) in [7, 11) is 1.49. The zero-order chi connectivity index (χ0) is 17.5. The minimum atomic E-state index is -0.567. The second kappa shape index (κ2) is 7.91. The van der Waals surface area contributed by atoms with Crippen molar-refractivity contribution in [2.75, 3.05) is 7.11 Å². The van der Waals surface area contributed by atoms with Gasteiger partial charge in [0.2, 0.25) is 0 Å². The van der Waals surface area contributed by atoms with Crippen molar-refractivity contribution < 1.29 is 19.1 Å². The maximum atomic E-state index is 12.1. The van der Waals surface area contributed by atoms with Crippen LogP contribution in [0.3, 0.4) is 0 Å². The van der Waals surface area contributed by atoms with Crippen molar-refractivity contribution in [3.8, 4) is 11.5 Å². The minimum Gasteiger partial charge on any atom is -0.493 e. The van der Waals surface area contributed by atoms with Crippen LogP contribution in [-0.2, 0) is 0 Å². The summed E-state index contributed by atoms with van der Waals surface area (Å²) in [6.07, 6.45) is 4.10. The molecule has 2 amide bonds. The molecule has 1 aromatic carbocycles. The average molecular weight is 330 g/mol. The van der Waals surface area contributed by atoms with Gasteiger partial charge in [0.15, 0.2) is 11.5 Å². The summed E-state index contributed by atoms with van der Waals surface area (Å²) in [6, 6.07) is 4.74. The van der Waals surface area contributed by atoms with Crippen LogP contribution in [0.2, 0.25) is 0 Å². The number of nitrogens with one attached hydrogen (secondary N) is 2. The van der Waals surface area contributed by atoms with Gasteiger partial charge in [-0.05, 0) is 32.0 Å². The summed E-state index contributed by atoms with van der Waals surface area (Å²) in [5, 5.41) is 0. The van der Waals surface area contributed by atoms with Gasteiger partial charge >= 0.3 is 0 Å². The lowest BCUT2D eigenvalue weighted by Gasteiger charge is -2.14. The van der Waals surface area contributed by atoms with Crippen LogP contribution < -0.4 is 20.3 Å². The largest absolute Gasteiger partial charge is 0.493 e. The molecule has 0 aliphatic heterocycles. The number of nitrogens with zero attached hydrogens (tertiary/aromatic N) is 2. The molecule has 1 aromatic heterocycles. The molecule has 0 aliphatic carbocycles. The van der Waals surface area contributed by atoms with E-state index in [4.69, 9.17) is 9.47 Å². The fraction of sp³-hybridized carbons (Fsp3) is 0.250. The van der Waals surface area contributed by atoms with Crippen LogP contribution in [0.1, 0.15) is 34.7 Å². The normalized spacial score (nSPS) is 10.2. The Morgan fingerprint density at radius 3 is 2.46 bits per heavy atom. The Hall–Kier alpha value is -3.16. The molecule has 0 saturated heterocycles. The topological polar surface area (TPSA) is 102 Å². The van der Waals surface area contributed by atoms with Crippen LogP contribution in [0.25, 0.3) is 0 Å². The molecule has 0 radical (unpaired) electrons. The zero-order valence-electron chi connectivity index (χ0n) is 13.6. The Bertz CT molecular complexity index is 719. The molecule has 0 unspecified atom stereocenters. The zero-order valence-corrected chi connectivity index (χ0v) is 13.6. The van der Waals surface area contributed by atoms with E-state index in [0.717, 1.165) is 0 Å². The van der Waals surface area contributed by atoms with Crippen molar-refractivity contribution in [3.63, 3.8) is 0 Å². The van der Waals surface area contributed by atoms with E-state index in [-0.39, 0.29) is 11.8 Å². The van der Waals surface area contributed by atoms with Crippen LogP contribution in [0, 0.1) is 0 Å². The molecular weight excluding hydrogens is 312 g/mol. The number of amides is 2. The molecule has 8 nitrogen and oxygen atoms in total. The van der Waals surface area contributed by atoms with Gasteiger partial charge in [-0.15, -0.1) is 0 Å². The summed E-state index contributed by atoms with van der Waals surface area (Å²) in [5.41, 5.74) is 4.98. The number of hydrogen-bond acceptors (Lipinski definition) is 6. The molecule has 2 N–H and O–H groups in total. The molecule has 2 rings (SSSR count). The van der Waals surface area contributed by atoms with Crippen LogP contribution >= 0.6 is 0 Å². The molecule has 126 valence electrons. The molecule has 0 fully saturated rings. The first-order chi connectivity index (χ1) is 11.5. The summed E-state index contributed by atoms with van der Waals surface area (Å²) < 4.78 is 10.8. The van der Waals surface area contributed by atoms with Gasteiger partial charge in [0.05, 0.1) is 19.4 Å². The van der Waals surface area contributed by atoms with E-state index < -0.39 is 11.8 Å². The Balaban J connectivity index is 2.03. The smallest absolute Gasteiger partial charge is 0.289 e. The Labute approximate surface area is 139 Å². The third-order valence-electron chi connectivity index (χ3n) is 2.87. The van der Waals surface area contributed by atoms with E-state index in [9.17, 15) is 9.59 Å². The van der Waals surface area contributed by atoms with Crippen molar-refractivity contribution in [3.05, 3.63) is 48.0 Å². The third kappa shape index (κ3) is 4.42. The second-order valence-corrected chi connectivity index (χ2v) is 5.03. The van der Waals surface area contributed by atoms with Crippen LogP contribution in [0.4, 0.5) is 0 Å². The fourth-order valence-corrected chi connectivity index (χ4v) is 1.83. The van der Waals surface area contributed by atoms with Gasteiger partial charge in [-0.1, -0.05) is 0 Å². The number of carbonyl (C=O) groups is 2. The van der Waals surface area contributed by atoms with E-state index in [1.807, 2.05) is 13.8 Å². The number of hydrazine groups is 1. The molecule has 24 heavy (non-hydrogen) atoms. The van der Waals surface area contributed by atoms with Crippen molar-refractivity contribution >= 4 is 11.8 Å². The van der Waals surface area contributed by atoms with Gasteiger partial charge in [0, 0.05) is 18.0 Å². The first kappa shape index (κ1) is 17.2. The molecule has 8 heteroatoms. The Morgan fingerprint density at radius 1 is 1.08 bits per heavy atom. The van der Waals surface area contributed by atoms with E-state index in [1.54, 1.807) is 12.1 Å². The molecule has 0 aliphatic rings. The van der Waals surface area contributed by atoms with Gasteiger partial charge in [-0.25, -0.2) is 4.98 Å². The molecule has 1 heterocycles. The van der Waals surface area contributed by atoms with Gasteiger partial charge in [0.1, 0.15) is 5.69 Å². The number of methoxy groups -OCH3 is 1. The molecule has 0 saturated carbocycles. The molecule has 0 bridgehead atoms. The molecular formula is C16H18N4O4. The van der Waals surface area contributed by atoms with Crippen LogP contribution in [0.5, 0.6) is 11.5 Å². The first-order valence-electron chi connectivity index (χ1n) is 7.22. The first-order valence-corrected chi connectivity index (χ1v) is 7.22. The minimum absolute atomic E-state index is 0.0233. The number of benzene rings is 1. The van der Waals surface area contributed by atoms with Crippen molar-refractivity contribution in [2.45, 2.75) is 20.0 Å². The monoisotopic (exact) mass is 330 g/mol. The van der Waals surface area contributed by atoms with Gasteiger partial charge < -0.3 is 9.47 Å². The number of rotatable bonds is 5. The van der Waals surface area contributed by atoms with Crippen molar-refractivity contribution in [1.29, 1.82) is 0 Å². The van der Waals surface area contributed by atoms with Crippen molar-refractivity contribution in [1.82, 2.24) is 20.8 Å². The highest BCUT2D eigenvalue weighted by Gasteiger charge is 2.13. The Kier molecular flexibility index (Phi) is 5.67. The number of aromatic nitrogens is 2. The molecule has 2 aromatic rings. The number of hydrogen-bond donors (Lipinski definition) is 2. The summed E-state index contributed by atoms with van der Waals surface area (Å²) in [5.74, 6) is -0.103. The highest BCUT2D eigenvalue weighted by atomic mass is 16.5. The quantitative estimate of drug-likeness (QED) is 0.802. The third-order valence-corrected chi connectivity index (χ3v) is 2.87. The van der Waals surface area contributed by atoms with Crippen LogP contribution in [0.15, 0.2) is 36.8 Å². The van der Waals surface area contributed by atoms with E-state index >= 15 is 0 Å². The number of ether oxygens (including phenoxy) is 2. The van der Waals surface area contributed by atoms with Crippen molar-refractivity contribution in [2.24, 2.45) is 0 Å². The Morgan fingerprint density at radius 2 is 1.83 bits per heavy atom. The van der Waals surface area contributed by atoms with E-state index in [1.165, 1.54) is 31.8 Å². The van der Waals surface area contributed by atoms with Gasteiger partial charge in [-0.3, -0.25) is 25.4 Å².